The Hall–Kier alpha value is -1.39. The van der Waals surface area contributed by atoms with Crippen molar-refractivity contribution in [1.29, 1.82) is 0 Å². The molecule has 0 aliphatic heterocycles. The summed E-state index contributed by atoms with van der Waals surface area (Å²) in [7, 11) is 0. The van der Waals surface area contributed by atoms with Gasteiger partial charge in [0.25, 0.3) is 0 Å². The van der Waals surface area contributed by atoms with E-state index in [2.05, 4.69) is 10.6 Å². The molecule has 3 N–H and O–H groups in total. The molecule has 0 spiro atoms. The molecule has 1 atom stereocenters. The van der Waals surface area contributed by atoms with E-state index >= 15 is 0 Å². The summed E-state index contributed by atoms with van der Waals surface area (Å²) < 4.78 is 0. The van der Waals surface area contributed by atoms with Gasteiger partial charge in [0.1, 0.15) is 0 Å². The van der Waals surface area contributed by atoms with Crippen LogP contribution in [0, 0.1) is 6.92 Å². The van der Waals surface area contributed by atoms with Gasteiger partial charge in [0, 0.05) is 12.2 Å². The van der Waals surface area contributed by atoms with Crippen LogP contribution in [0.3, 0.4) is 0 Å². The van der Waals surface area contributed by atoms with Crippen molar-refractivity contribution in [2.24, 2.45) is 0 Å². The minimum atomic E-state index is -0.738. The molecule has 0 bridgehead atoms. The van der Waals surface area contributed by atoms with Crippen molar-refractivity contribution >= 4 is 11.6 Å². The molecule has 4 heteroatoms. The van der Waals surface area contributed by atoms with Crippen LogP contribution in [0.15, 0.2) is 24.3 Å². The standard InChI is InChI=1S/C16H26N2O2/c1-5-16(20,6-2)11-17-13(4)15(19)18-14-9-7-12(3)8-10-14/h7-10,13,17,20H,5-6,11H2,1-4H3,(H,18,19). The lowest BCUT2D eigenvalue weighted by Crippen LogP contribution is -2.47. The second-order valence-electron chi connectivity index (χ2n) is 5.39. The van der Waals surface area contributed by atoms with Gasteiger partial charge in [0.15, 0.2) is 0 Å². The predicted octanol–water partition coefficient (Wildman–Crippen LogP) is 2.46. The molecular weight excluding hydrogens is 252 g/mol. The van der Waals surface area contributed by atoms with Gasteiger partial charge in [-0.2, -0.15) is 0 Å². The molecule has 1 rings (SSSR count). The van der Waals surface area contributed by atoms with E-state index in [1.807, 2.05) is 45.0 Å². The zero-order valence-electron chi connectivity index (χ0n) is 12.9. The van der Waals surface area contributed by atoms with Gasteiger partial charge in [-0.1, -0.05) is 31.5 Å². The van der Waals surface area contributed by atoms with Crippen LogP contribution in [0.5, 0.6) is 0 Å². The average molecular weight is 278 g/mol. The van der Waals surface area contributed by atoms with Crippen molar-refractivity contribution in [2.75, 3.05) is 11.9 Å². The molecular formula is C16H26N2O2. The van der Waals surface area contributed by atoms with Gasteiger partial charge in [-0.25, -0.2) is 0 Å². The Morgan fingerprint density at radius 3 is 2.30 bits per heavy atom. The highest BCUT2D eigenvalue weighted by Crippen LogP contribution is 2.13. The Balaban J connectivity index is 2.49. The quantitative estimate of drug-likeness (QED) is 0.718. The van der Waals surface area contributed by atoms with E-state index in [-0.39, 0.29) is 11.9 Å². The Morgan fingerprint density at radius 1 is 1.25 bits per heavy atom. The van der Waals surface area contributed by atoms with Gasteiger partial charge in [-0.3, -0.25) is 4.79 Å². The van der Waals surface area contributed by atoms with Crippen LogP contribution in [-0.2, 0) is 4.79 Å². The average Bonchev–Trinajstić information content (AvgIpc) is 2.46. The highest BCUT2D eigenvalue weighted by atomic mass is 16.3. The Morgan fingerprint density at radius 2 is 1.80 bits per heavy atom. The molecule has 0 radical (unpaired) electrons. The summed E-state index contributed by atoms with van der Waals surface area (Å²) in [5.41, 5.74) is 1.21. The van der Waals surface area contributed by atoms with Gasteiger partial charge in [-0.05, 0) is 38.8 Å². The van der Waals surface area contributed by atoms with Gasteiger partial charge in [0.2, 0.25) is 5.91 Å². The van der Waals surface area contributed by atoms with Crippen LogP contribution < -0.4 is 10.6 Å². The first-order valence-electron chi connectivity index (χ1n) is 7.23. The van der Waals surface area contributed by atoms with Crippen molar-refractivity contribution in [3.05, 3.63) is 29.8 Å². The van der Waals surface area contributed by atoms with E-state index in [1.165, 1.54) is 0 Å². The van der Waals surface area contributed by atoms with E-state index in [1.54, 1.807) is 6.92 Å². The third kappa shape index (κ3) is 4.94. The molecule has 0 aliphatic carbocycles. The van der Waals surface area contributed by atoms with Crippen LogP contribution in [0.1, 0.15) is 39.2 Å². The van der Waals surface area contributed by atoms with Crippen LogP contribution in [0.4, 0.5) is 5.69 Å². The van der Waals surface area contributed by atoms with Crippen LogP contribution in [-0.4, -0.2) is 29.2 Å². The molecule has 1 amide bonds. The van der Waals surface area contributed by atoms with Crippen LogP contribution >= 0.6 is 0 Å². The summed E-state index contributed by atoms with van der Waals surface area (Å²) in [6.07, 6.45) is 1.34. The first-order valence-corrected chi connectivity index (χ1v) is 7.23. The molecule has 0 aromatic heterocycles. The SMILES string of the molecule is CCC(O)(CC)CNC(C)C(=O)Nc1ccc(C)cc1. The molecule has 1 aromatic rings. The second-order valence-corrected chi connectivity index (χ2v) is 5.39. The predicted molar refractivity (Wildman–Crippen MR) is 82.8 cm³/mol. The van der Waals surface area contributed by atoms with Crippen LogP contribution in [0.25, 0.3) is 0 Å². The summed E-state index contributed by atoms with van der Waals surface area (Å²) in [6.45, 7) is 8.12. The monoisotopic (exact) mass is 278 g/mol. The maximum absolute atomic E-state index is 12.0. The topological polar surface area (TPSA) is 61.4 Å². The first-order chi connectivity index (χ1) is 9.40. The van der Waals surface area contributed by atoms with Crippen molar-refractivity contribution < 1.29 is 9.90 Å². The zero-order chi connectivity index (χ0) is 15.2. The highest BCUT2D eigenvalue weighted by molar-refractivity contribution is 5.94. The number of carbonyl (C=O) groups is 1. The number of carbonyl (C=O) groups excluding carboxylic acids is 1. The number of nitrogens with one attached hydrogen (secondary N) is 2. The zero-order valence-corrected chi connectivity index (χ0v) is 12.9. The maximum atomic E-state index is 12.0. The smallest absolute Gasteiger partial charge is 0.241 e. The van der Waals surface area contributed by atoms with E-state index in [4.69, 9.17) is 0 Å². The fourth-order valence-electron chi connectivity index (χ4n) is 1.82. The molecule has 0 saturated heterocycles. The van der Waals surface area contributed by atoms with Gasteiger partial charge in [-0.15, -0.1) is 0 Å². The van der Waals surface area contributed by atoms with E-state index < -0.39 is 5.60 Å². The Bertz CT molecular complexity index is 425. The molecule has 1 aromatic carbocycles. The Kier molecular flexibility index (Phi) is 6.17. The summed E-state index contributed by atoms with van der Waals surface area (Å²) in [6, 6.07) is 7.34. The lowest BCUT2D eigenvalue weighted by atomic mass is 9.97. The van der Waals surface area contributed by atoms with Gasteiger partial charge >= 0.3 is 0 Å². The summed E-state index contributed by atoms with van der Waals surface area (Å²) in [5, 5.41) is 16.1. The Labute approximate surface area is 121 Å². The van der Waals surface area contributed by atoms with Crippen molar-refractivity contribution in [3.63, 3.8) is 0 Å². The lowest BCUT2D eigenvalue weighted by Gasteiger charge is -2.27. The largest absolute Gasteiger partial charge is 0.389 e. The number of benzene rings is 1. The lowest BCUT2D eigenvalue weighted by molar-refractivity contribution is -0.118. The number of hydrogen-bond acceptors (Lipinski definition) is 3. The molecule has 0 saturated carbocycles. The van der Waals surface area contributed by atoms with Gasteiger partial charge < -0.3 is 15.7 Å². The molecule has 112 valence electrons. The summed E-state index contributed by atoms with van der Waals surface area (Å²) in [4.78, 5) is 12.0. The number of aliphatic hydroxyl groups is 1. The summed E-state index contributed by atoms with van der Waals surface area (Å²) >= 11 is 0. The molecule has 1 unspecified atom stereocenters. The highest BCUT2D eigenvalue weighted by Gasteiger charge is 2.24. The third-order valence-electron chi connectivity index (χ3n) is 3.77. The van der Waals surface area contributed by atoms with Crippen molar-refractivity contribution in [3.8, 4) is 0 Å². The second kappa shape index (κ2) is 7.41. The van der Waals surface area contributed by atoms with E-state index in [0.29, 0.717) is 19.4 Å². The minimum absolute atomic E-state index is 0.0941. The summed E-state index contributed by atoms with van der Waals surface area (Å²) in [5.74, 6) is -0.0941. The molecule has 4 nitrogen and oxygen atoms in total. The number of rotatable bonds is 7. The van der Waals surface area contributed by atoms with E-state index in [9.17, 15) is 9.90 Å². The van der Waals surface area contributed by atoms with Crippen molar-refractivity contribution in [1.82, 2.24) is 5.32 Å². The van der Waals surface area contributed by atoms with Crippen molar-refractivity contribution in [2.45, 2.75) is 52.2 Å². The fourth-order valence-corrected chi connectivity index (χ4v) is 1.82. The number of anilines is 1. The number of hydrogen-bond donors (Lipinski definition) is 3. The number of aryl methyl sites for hydroxylation is 1. The molecule has 0 aliphatic rings. The first kappa shape index (κ1) is 16.7. The van der Waals surface area contributed by atoms with E-state index in [0.717, 1.165) is 11.3 Å². The normalized spacial score (nSPS) is 13.1. The van der Waals surface area contributed by atoms with Gasteiger partial charge in [0.05, 0.1) is 11.6 Å². The maximum Gasteiger partial charge on any atom is 0.241 e. The fraction of sp³-hybridized carbons (Fsp3) is 0.562. The van der Waals surface area contributed by atoms with Crippen LogP contribution in [0.2, 0.25) is 0 Å². The molecule has 0 heterocycles. The number of amides is 1. The molecule has 20 heavy (non-hydrogen) atoms. The minimum Gasteiger partial charge on any atom is -0.389 e. The third-order valence-corrected chi connectivity index (χ3v) is 3.77. The molecule has 0 fully saturated rings.